The van der Waals surface area contributed by atoms with Gasteiger partial charge in [0.25, 0.3) is 0 Å². The van der Waals surface area contributed by atoms with Crippen molar-refractivity contribution < 1.29 is 4.79 Å². The van der Waals surface area contributed by atoms with Crippen molar-refractivity contribution in [2.45, 2.75) is 65.3 Å². The number of carbonyl (C=O) groups excluding carboxylic acids is 1. The van der Waals surface area contributed by atoms with Gasteiger partial charge in [0.05, 0.1) is 5.92 Å². The predicted molar refractivity (Wildman–Crippen MR) is 110 cm³/mol. The van der Waals surface area contributed by atoms with Crippen LogP contribution in [0.3, 0.4) is 0 Å². The van der Waals surface area contributed by atoms with Crippen LogP contribution in [-0.2, 0) is 17.6 Å². The van der Waals surface area contributed by atoms with Gasteiger partial charge >= 0.3 is 0 Å². The maximum atomic E-state index is 12.9. The van der Waals surface area contributed by atoms with Gasteiger partial charge in [-0.3, -0.25) is 4.79 Å². The molecule has 1 N–H and O–H groups in total. The molecule has 0 aliphatic heterocycles. The summed E-state index contributed by atoms with van der Waals surface area (Å²) in [6, 6.07) is 19.2. The molecule has 0 aliphatic carbocycles. The first-order valence-electron chi connectivity index (χ1n) is 9.96. The minimum Gasteiger partial charge on any atom is -0.353 e. The van der Waals surface area contributed by atoms with E-state index < -0.39 is 0 Å². The monoisotopic (exact) mass is 351 g/mol. The van der Waals surface area contributed by atoms with E-state index in [9.17, 15) is 4.79 Å². The summed E-state index contributed by atoms with van der Waals surface area (Å²) in [6.07, 6.45) is 3.71. The topological polar surface area (TPSA) is 29.1 Å². The van der Waals surface area contributed by atoms with Crippen molar-refractivity contribution in [1.29, 1.82) is 0 Å². The summed E-state index contributed by atoms with van der Waals surface area (Å²) in [5.74, 6) is 0.717. The van der Waals surface area contributed by atoms with Crippen LogP contribution in [0, 0.1) is 5.92 Å². The number of rotatable bonds is 9. The molecule has 0 aliphatic rings. The lowest BCUT2D eigenvalue weighted by Crippen LogP contribution is -2.39. The molecule has 0 radical (unpaired) electrons. The Bertz CT molecular complexity index is 660. The van der Waals surface area contributed by atoms with E-state index in [1.165, 1.54) is 11.1 Å². The molecule has 0 bridgehead atoms. The number of nitrogens with one attached hydrogen (secondary N) is 1. The quantitative estimate of drug-likeness (QED) is 0.633. The average Bonchev–Trinajstić information content (AvgIpc) is 2.63. The number of amides is 1. The highest BCUT2D eigenvalue weighted by molar-refractivity contribution is 5.83. The van der Waals surface area contributed by atoms with Crippen molar-refractivity contribution in [3.63, 3.8) is 0 Å². The van der Waals surface area contributed by atoms with Gasteiger partial charge in [0, 0.05) is 6.04 Å². The molecular formula is C24H33NO. The van der Waals surface area contributed by atoms with Crippen molar-refractivity contribution >= 4 is 5.91 Å². The molecule has 26 heavy (non-hydrogen) atoms. The molecule has 1 amide bonds. The molecule has 140 valence electrons. The van der Waals surface area contributed by atoms with Crippen LogP contribution >= 0.6 is 0 Å². The maximum Gasteiger partial charge on any atom is 0.227 e. The van der Waals surface area contributed by atoms with E-state index in [4.69, 9.17) is 0 Å². The van der Waals surface area contributed by atoms with E-state index in [1.807, 2.05) is 6.07 Å². The third-order valence-electron chi connectivity index (χ3n) is 4.91. The second-order valence-electron chi connectivity index (χ2n) is 7.60. The Morgan fingerprint density at radius 1 is 0.846 bits per heavy atom. The van der Waals surface area contributed by atoms with Gasteiger partial charge in [0.1, 0.15) is 0 Å². The molecule has 0 aromatic heterocycles. The summed E-state index contributed by atoms with van der Waals surface area (Å²) >= 11 is 0. The van der Waals surface area contributed by atoms with Crippen LogP contribution in [-0.4, -0.2) is 11.9 Å². The molecule has 0 fully saturated rings. The van der Waals surface area contributed by atoms with Gasteiger partial charge in [-0.05, 0) is 48.3 Å². The molecule has 0 heterocycles. The molecule has 2 heteroatoms. The first kappa shape index (κ1) is 20.2. The van der Waals surface area contributed by atoms with Crippen LogP contribution in [0.2, 0.25) is 0 Å². The summed E-state index contributed by atoms with van der Waals surface area (Å²) in [4.78, 5) is 12.9. The van der Waals surface area contributed by atoms with Crippen molar-refractivity contribution in [3.05, 3.63) is 71.3 Å². The van der Waals surface area contributed by atoms with Crippen LogP contribution in [0.1, 0.15) is 63.1 Å². The van der Waals surface area contributed by atoms with Crippen LogP contribution in [0.15, 0.2) is 54.6 Å². The molecule has 2 aromatic carbocycles. The Labute approximate surface area is 159 Å². The highest BCUT2D eigenvalue weighted by atomic mass is 16.1. The number of hydrogen-bond donors (Lipinski definition) is 1. The molecule has 0 saturated heterocycles. The van der Waals surface area contributed by atoms with Crippen molar-refractivity contribution in [2.24, 2.45) is 5.92 Å². The lowest BCUT2D eigenvalue weighted by Gasteiger charge is -2.22. The van der Waals surface area contributed by atoms with Crippen LogP contribution in [0.5, 0.6) is 0 Å². The van der Waals surface area contributed by atoms with Gasteiger partial charge in [-0.15, -0.1) is 0 Å². The minimum absolute atomic E-state index is 0.0760. The fraction of sp³-hybridized carbons (Fsp3) is 0.458. The lowest BCUT2D eigenvalue weighted by molar-refractivity contribution is -0.123. The lowest BCUT2D eigenvalue weighted by atomic mass is 9.92. The van der Waals surface area contributed by atoms with E-state index in [-0.39, 0.29) is 17.9 Å². The summed E-state index contributed by atoms with van der Waals surface area (Å²) in [7, 11) is 0. The molecule has 2 rings (SSSR count). The zero-order valence-electron chi connectivity index (χ0n) is 16.7. The van der Waals surface area contributed by atoms with E-state index in [2.05, 4.69) is 81.5 Å². The first-order valence-corrected chi connectivity index (χ1v) is 9.96. The highest BCUT2D eigenvalue weighted by Gasteiger charge is 2.21. The largest absolute Gasteiger partial charge is 0.353 e. The van der Waals surface area contributed by atoms with Crippen molar-refractivity contribution in [2.75, 3.05) is 0 Å². The third-order valence-corrected chi connectivity index (χ3v) is 4.91. The van der Waals surface area contributed by atoms with Crippen LogP contribution in [0.4, 0.5) is 0 Å². The second-order valence-corrected chi connectivity index (χ2v) is 7.60. The maximum absolute atomic E-state index is 12.9. The Morgan fingerprint density at radius 2 is 1.46 bits per heavy atom. The molecule has 2 atom stereocenters. The van der Waals surface area contributed by atoms with E-state index in [0.29, 0.717) is 5.92 Å². The molecular weight excluding hydrogens is 318 g/mol. The van der Waals surface area contributed by atoms with Crippen molar-refractivity contribution in [1.82, 2.24) is 5.32 Å². The number of hydrogen-bond acceptors (Lipinski definition) is 1. The first-order chi connectivity index (χ1) is 12.5. The zero-order valence-corrected chi connectivity index (χ0v) is 16.7. The highest BCUT2D eigenvalue weighted by Crippen LogP contribution is 2.22. The molecule has 0 spiro atoms. The molecule has 2 nitrogen and oxygen atoms in total. The molecule has 2 aromatic rings. The number of carbonyl (C=O) groups is 1. The summed E-state index contributed by atoms with van der Waals surface area (Å²) < 4.78 is 0. The number of benzene rings is 2. The van der Waals surface area contributed by atoms with E-state index >= 15 is 0 Å². The summed E-state index contributed by atoms with van der Waals surface area (Å²) in [5, 5.41) is 3.27. The SMILES string of the molecule is CC[C@H](Cc1ccccc1)NC(=O)[C@H](CC)c1ccc(CC(C)C)cc1. The van der Waals surface area contributed by atoms with Crippen molar-refractivity contribution in [3.8, 4) is 0 Å². The predicted octanol–water partition coefficient (Wildman–Crippen LogP) is 5.52. The Kier molecular flexibility index (Phi) is 7.90. The van der Waals surface area contributed by atoms with Gasteiger partial charge < -0.3 is 5.32 Å². The van der Waals surface area contributed by atoms with Gasteiger partial charge in [-0.1, -0.05) is 82.3 Å². The fourth-order valence-corrected chi connectivity index (χ4v) is 3.43. The third kappa shape index (κ3) is 6.01. The molecule has 0 unspecified atom stereocenters. The van der Waals surface area contributed by atoms with Gasteiger partial charge in [-0.25, -0.2) is 0 Å². The van der Waals surface area contributed by atoms with E-state index in [1.54, 1.807) is 0 Å². The average molecular weight is 352 g/mol. The van der Waals surface area contributed by atoms with Crippen LogP contribution < -0.4 is 5.32 Å². The van der Waals surface area contributed by atoms with Gasteiger partial charge in [-0.2, -0.15) is 0 Å². The minimum atomic E-state index is -0.0760. The Hall–Kier alpha value is -2.09. The van der Waals surface area contributed by atoms with E-state index in [0.717, 1.165) is 31.2 Å². The standard InChI is InChI=1S/C24H33NO/c1-5-22(17-19-10-8-7-9-11-19)25-24(26)23(6-2)21-14-12-20(13-15-21)16-18(3)4/h7-15,18,22-23H,5-6,16-17H2,1-4H3,(H,25,26)/t22-,23-/m1/s1. The summed E-state index contributed by atoms with van der Waals surface area (Å²) in [6.45, 7) is 8.68. The summed E-state index contributed by atoms with van der Waals surface area (Å²) in [5.41, 5.74) is 3.73. The van der Waals surface area contributed by atoms with Gasteiger partial charge in [0.2, 0.25) is 5.91 Å². The molecule has 0 saturated carbocycles. The van der Waals surface area contributed by atoms with Crippen LogP contribution in [0.25, 0.3) is 0 Å². The normalized spacial score (nSPS) is 13.4. The smallest absolute Gasteiger partial charge is 0.227 e. The second kappa shape index (κ2) is 10.2. The zero-order chi connectivity index (χ0) is 18.9. The van der Waals surface area contributed by atoms with Gasteiger partial charge in [0.15, 0.2) is 0 Å². The Morgan fingerprint density at radius 3 is 2.00 bits per heavy atom. The Balaban J connectivity index is 2.02. The fourth-order valence-electron chi connectivity index (χ4n) is 3.43.